The second kappa shape index (κ2) is 5.07. The second-order valence-corrected chi connectivity index (χ2v) is 5.27. The molecule has 22 heavy (non-hydrogen) atoms. The van der Waals surface area contributed by atoms with E-state index in [4.69, 9.17) is 5.73 Å². The van der Waals surface area contributed by atoms with E-state index in [0.717, 1.165) is 28.6 Å². The molecule has 106 valence electrons. The van der Waals surface area contributed by atoms with E-state index in [1.54, 1.807) is 0 Å². The highest BCUT2D eigenvalue weighted by Crippen LogP contribution is 2.22. The van der Waals surface area contributed by atoms with Crippen LogP contribution in [0.3, 0.4) is 0 Å². The molecule has 4 heteroatoms. The lowest BCUT2D eigenvalue weighted by Gasteiger charge is -2.07. The van der Waals surface area contributed by atoms with Gasteiger partial charge in [0.1, 0.15) is 12.1 Å². The Balaban J connectivity index is 1.79. The lowest BCUT2D eigenvalue weighted by atomic mass is 10.0. The zero-order chi connectivity index (χ0) is 14.9. The van der Waals surface area contributed by atoms with Crippen molar-refractivity contribution in [1.29, 1.82) is 0 Å². The number of hydrogen-bond acceptors (Lipinski definition) is 4. The number of aromatic nitrogens is 3. The van der Waals surface area contributed by atoms with Gasteiger partial charge in [-0.1, -0.05) is 30.3 Å². The largest absolute Gasteiger partial charge is 0.383 e. The van der Waals surface area contributed by atoms with Gasteiger partial charge in [0.15, 0.2) is 0 Å². The maximum atomic E-state index is 5.87. The van der Waals surface area contributed by atoms with Crippen molar-refractivity contribution >= 4 is 27.5 Å². The van der Waals surface area contributed by atoms with Gasteiger partial charge in [-0.15, -0.1) is 0 Å². The van der Waals surface area contributed by atoms with Crippen LogP contribution < -0.4 is 5.73 Å². The maximum Gasteiger partial charge on any atom is 0.134 e. The molecule has 0 spiro atoms. The third-order valence-corrected chi connectivity index (χ3v) is 3.86. The summed E-state index contributed by atoms with van der Waals surface area (Å²) in [5, 5.41) is 3.28. The fourth-order valence-corrected chi connectivity index (χ4v) is 2.75. The molecule has 0 fully saturated rings. The minimum atomic E-state index is 0.514. The highest BCUT2D eigenvalue weighted by atomic mass is 14.9. The zero-order valence-corrected chi connectivity index (χ0v) is 11.9. The van der Waals surface area contributed by atoms with E-state index in [2.05, 4.69) is 39.2 Å². The van der Waals surface area contributed by atoms with Crippen LogP contribution >= 0.6 is 0 Å². The Bertz CT molecular complexity index is 973. The number of nitrogens with zero attached hydrogens (tertiary/aromatic N) is 3. The molecule has 2 N–H and O–H groups in total. The molecule has 2 aromatic carbocycles. The van der Waals surface area contributed by atoms with E-state index in [0.29, 0.717) is 5.82 Å². The molecule has 0 atom stereocenters. The summed E-state index contributed by atoms with van der Waals surface area (Å²) < 4.78 is 0. The monoisotopic (exact) mass is 286 g/mol. The quantitative estimate of drug-likeness (QED) is 0.613. The molecule has 0 aliphatic carbocycles. The Hall–Kier alpha value is -3.01. The molecule has 0 saturated heterocycles. The smallest absolute Gasteiger partial charge is 0.134 e. The molecule has 4 rings (SSSR count). The first-order valence-corrected chi connectivity index (χ1v) is 7.13. The van der Waals surface area contributed by atoms with Gasteiger partial charge >= 0.3 is 0 Å². The van der Waals surface area contributed by atoms with Crippen LogP contribution in [-0.2, 0) is 6.42 Å². The number of nitrogen functional groups attached to an aromatic ring is 1. The fourth-order valence-electron chi connectivity index (χ4n) is 2.75. The van der Waals surface area contributed by atoms with Gasteiger partial charge in [-0.05, 0) is 29.1 Å². The van der Waals surface area contributed by atoms with Crippen molar-refractivity contribution in [2.75, 3.05) is 5.73 Å². The molecule has 0 amide bonds. The number of anilines is 1. The van der Waals surface area contributed by atoms with Gasteiger partial charge in [0.2, 0.25) is 0 Å². The summed E-state index contributed by atoms with van der Waals surface area (Å²) in [4.78, 5) is 12.9. The van der Waals surface area contributed by atoms with Crippen molar-refractivity contribution in [2.24, 2.45) is 0 Å². The van der Waals surface area contributed by atoms with Crippen LogP contribution in [0.4, 0.5) is 5.82 Å². The Morgan fingerprint density at radius 3 is 2.73 bits per heavy atom. The summed E-state index contributed by atoms with van der Waals surface area (Å²) in [6.45, 7) is 0. The Labute approximate surface area is 127 Å². The van der Waals surface area contributed by atoms with E-state index in [1.807, 2.05) is 30.5 Å². The van der Waals surface area contributed by atoms with Crippen LogP contribution in [-0.4, -0.2) is 15.0 Å². The summed E-state index contributed by atoms with van der Waals surface area (Å²) >= 11 is 0. The maximum absolute atomic E-state index is 5.87. The molecule has 0 bridgehead atoms. The van der Waals surface area contributed by atoms with Crippen LogP contribution in [0.25, 0.3) is 21.7 Å². The number of fused-ring (bicyclic) bond motifs is 2. The van der Waals surface area contributed by atoms with Gasteiger partial charge in [0.25, 0.3) is 0 Å². The first kappa shape index (κ1) is 12.7. The number of benzene rings is 2. The molecule has 0 radical (unpaired) electrons. The van der Waals surface area contributed by atoms with Crippen molar-refractivity contribution in [3.05, 3.63) is 72.3 Å². The lowest BCUT2D eigenvalue weighted by molar-refractivity contribution is 1.10. The SMILES string of the molecule is Nc1ncnc2cc(Cc3nccc4ccccc34)ccc12. The summed E-state index contributed by atoms with van der Waals surface area (Å²) in [6.07, 6.45) is 4.12. The Morgan fingerprint density at radius 1 is 0.864 bits per heavy atom. The normalized spacial score (nSPS) is 11.1. The first-order chi connectivity index (χ1) is 10.8. The van der Waals surface area contributed by atoms with Crippen molar-refractivity contribution in [2.45, 2.75) is 6.42 Å². The van der Waals surface area contributed by atoms with Crippen LogP contribution in [0.2, 0.25) is 0 Å². The average Bonchev–Trinajstić information content (AvgIpc) is 2.55. The molecular weight excluding hydrogens is 272 g/mol. The third kappa shape index (κ3) is 2.15. The van der Waals surface area contributed by atoms with Crippen LogP contribution in [0.5, 0.6) is 0 Å². The predicted molar refractivity (Wildman–Crippen MR) is 88.5 cm³/mol. The first-order valence-electron chi connectivity index (χ1n) is 7.13. The predicted octanol–water partition coefficient (Wildman–Crippen LogP) is 3.35. The zero-order valence-electron chi connectivity index (χ0n) is 11.9. The second-order valence-electron chi connectivity index (χ2n) is 5.27. The molecule has 4 aromatic rings. The van der Waals surface area contributed by atoms with Gasteiger partial charge in [-0.3, -0.25) is 4.98 Å². The van der Waals surface area contributed by atoms with Gasteiger partial charge in [0.05, 0.1) is 11.2 Å². The minimum absolute atomic E-state index is 0.514. The average molecular weight is 286 g/mol. The summed E-state index contributed by atoms with van der Waals surface area (Å²) in [7, 11) is 0. The van der Waals surface area contributed by atoms with E-state index in [1.165, 1.54) is 17.1 Å². The Morgan fingerprint density at radius 2 is 1.77 bits per heavy atom. The standard InChI is InChI=1S/C18H14N4/c19-18-15-6-5-12(10-17(15)21-11-22-18)9-16-14-4-2-1-3-13(14)7-8-20-16/h1-8,10-11H,9H2,(H2,19,21,22). The summed E-state index contributed by atoms with van der Waals surface area (Å²) in [5.74, 6) is 0.514. The molecule has 2 aromatic heterocycles. The number of pyridine rings is 1. The van der Waals surface area contributed by atoms with Gasteiger partial charge in [0, 0.05) is 23.4 Å². The third-order valence-electron chi connectivity index (χ3n) is 3.86. The van der Waals surface area contributed by atoms with Gasteiger partial charge in [-0.2, -0.15) is 0 Å². The van der Waals surface area contributed by atoms with Crippen LogP contribution in [0.1, 0.15) is 11.3 Å². The number of rotatable bonds is 2. The van der Waals surface area contributed by atoms with Gasteiger partial charge in [-0.25, -0.2) is 9.97 Å². The van der Waals surface area contributed by atoms with Crippen molar-refractivity contribution in [1.82, 2.24) is 15.0 Å². The topological polar surface area (TPSA) is 64.7 Å². The van der Waals surface area contributed by atoms with Crippen LogP contribution in [0.15, 0.2) is 61.1 Å². The van der Waals surface area contributed by atoms with Gasteiger partial charge < -0.3 is 5.73 Å². The van der Waals surface area contributed by atoms with E-state index in [9.17, 15) is 0 Å². The van der Waals surface area contributed by atoms with E-state index < -0.39 is 0 Å². The lowest BCUT2D eigenvalue weighted by Crippen LogP contribution is -1.96. The minimum Gasteiger partial charge on any atom is -0.383 e. The Kier molecular flexibility index (Phi) is 2.93. The molecule has 0 saturated carbocycles. The molecule has 0 aliphatic rings. The fraction of sp³-hybridized carbons (Fsp3) is 0.0556. The highest BCUT2D eigenvalue weighted by molar-refractivity contribution is 5.88. The number of hydrogen-bond donors (Lipinski definition) is 1. The molecular formula is C18H14N4. The van der Waals surface area contributed by atoms with Crippen LogP contribution in [0, 0.1) is 0 Å². The van der Waals surface area contributed by atoms with E-state index >= 15 is 0 Å². The van der Waals surface area contributed by atoms with Crippen molar-refractivity contribution in [3.63, 3.8) is 0 Å². The number of nitrogens with two attached hydrogens (primary N) is 1. The molecule has 2 heterocycles. The summed E-state index contributed by atoms with van der Waals surface area (Å²) in [6, 6.07) is 16.4. The molecule has 4 nitrogen and oxygen atoms in total. The highest BCUT2D eigenvalue weighted by Gasteiger charge is 2.06. The molecule has 0 unspecified atom stereocenters. The van der Waals surface area contributed by atoms with Crippen molar-refractivity contribution in [3.8, 4) is 0 Å². The summed E-state index contributed by atoms with van der Waals surface area (Å²) in [5.41, 5.74) is 8.97. The van der Waals surface area contributed by atoms with E-state index in [-0.39, 0.29) is 0 Å². The van der Waals surface area contributed by atoms with Crippen molar-refractivity contribution < 1.29 is 0 Å². The molecule has 0 aliphatic heterocycles.